The summed E-state index contributed by atoms with van der Waals surface area (Å²) in [6.45, 7) is 31.4. The number of hydrogen-bond donors (Lipinski definition) is 0. The molecule has 7 rings (SSSR count). The molecule has 0 amide bonds. The van der Waals surface area contributed by atoms with Gasteiger partial charge in [0, 0.05) is 29.6 Å². The number of rotatable bonds is 23. The molecule has 4 aliphatic rings. The van der Waals surface area contributed by atoms with Crippen LogP contribution in [0.4, 0.5) is 0 Å². The molecule has 20 atom stereocenters. The van der Waals surface area contributed by atoms with E-state index in [1.165, 1.54) is 6.92 Å². The van der Waals surface area contributed by atoms with E-state index in [9.17, 15) is 10.3 Å². The molecule has 0 aliphatic carbocycles. The van der Waals surface area contributed by atoms with Gasteiger partial charge in [-0.2, -0.15) is 0 Å². The molecule has 0 aromatic heterocycles. The SMILES string of the molecule is CC(=O)OCC1O[C@@H](O[C@@H]2C(COCc3ccccc3)O[C@@H](O[C@@H]3C(COCc4ccccc4)O[C@@H](O[C@@H]4C(COCc5ccccc5)O[C@@H](O[Si](C)(C)C(C)(C)C)C(N=[N+]=[N-])[C@H]4C)C(C)[C@H]3C)C(C)[C@H]2C)C(C)[C@@H](C)[C@@H]1C. The zero-order chi connectivity index (χ0) is 56.3. The summed E-state index contributed by atoms with van der Waals surface area (Å²) in [4.78, 5) is 15.2. The third kappa shape index (κ3) is 15.8. The van der Waals surface area contributed by atoms with Crippen LogP contribution in [0.25, 0.3) is 10.4 Å². The Labute approximate surface area is 465 Å². The molecule has 16 nitrogen and oxygen atoms in total. The van der Waals surface area contributed by atoms with Gasteiger partial charge in [-0.25, -0.2) is 0 Å². The first kappa shape index (κ1) is 61.8. The molecule has 0 bridgehead atoms. The lowest BCUT2D eigenvalue weighted by atomic mass is 9.78. The third-order valence-corrected chi connectivity index (χ3v) is 22.2. The van der Waals surface area contributed by atoms with Crippen molar-refractivity contribution in [3.05, 3.63) is 118 Å². The van der Waals surface area contributed by atoms with Gasteiger partial charge in [0.15, 0.2) is 33.5 Å². The largest absolute Gasteiger partial charge is 0.463 e. The monoisotopic (exact) mass is 1100 g/mol. The average Bonchev–Trinajstić information content (AvgIpc) is 3.44. The first-order valence-electron chi connectivity index (χ1n) is 28.5. The smallest absolute Gasteiger partial charge is 0.302 e. The molecule has 3 aromatic carbocycles. The molecular formula is C61H91N3O13Si. The normalized spacial score (nSPS) is 35.6. The minimum Gasteiger partial charge on any atom is -0.463 e. The lowest BCUT2D eigenvalue weighted by molar-refractivity contribution is -0.361. The summed E-state index contributed by atoms with van der Waals surface area (Å²) in [5, 5.41) is 4.20. The van der Waals surface area contributed by atoms with Crippen LogP contribution < -0.4 is 0 Å². The Morgan fingerprint density at radius 3 is 1.24 bits per heavy atom. The van der Waals surface area contributed by atoms with Gasteiger partial charge in [0.05, 0.1) is 70.1 Å². The third-order valence-electron chi connectivity index (χ3n) is 17.8. The molecule has 4 saturated heterocycles. The molecule has 432 valence electrons. The summed E-state index contributed by atoms with van der Waals surface area (Å²) in [7, 11) is -2.42. The van der Waals surface area contributed by atoms with Gasteiger partial charge in [0.25, 0.3) is 0 Å². The van der Waals surface area contributed by atoms with Crippen molar-refractivity contribution in [1.82, 2.24) is 0 Å². The van der Waals surface area contributed by atoms with Crippen molar-refractivity contribution < 1.29 is 61.3 Å². The molecular weight excluding hydrogens is 1010 g/mol. The number of carbonyl (C=O) groups is 1. The molecule has 3 aromatic rings. The van der Waals surface area contributed by atoms with E-state index in [0.29, 0.717) is 19.8 Å². The second-order valence-electron chi connectivity index (χ2n) is 24.2. The topological polar surface area (TPSA) is 177 Å². The van der Waals surface area contributed by atoms with Gasteiger partial charge in [-0.1, -0.05) is 172 Å². The number of nitrogens with zero attached hydrogens (tertiary/aromatic N) is 3. The van der Waals surface area contributed by atoms with E-state index in [-0.39, 0.29) is 90.9 Å². The number of carbonyl (C=O) groups excluding carboxylic acids is 1. The highest BCUT2D eigenvalue weighted by atomic mass is 28.4. The van der Waals surface area contributed by atoms with Crippen LogP contribution in [0.5, 0.6) is 0 Å². The van der Waals surface area contributed by atoms with Crippen LogP contribution in [0.15, 0.2) is 96.1 Å². The Balaban J connectivity index is 1.14. The van der Waals surface area contributed by atoms with Crippen LogP contribution in [0.1, 0.15) is 99.8 Å². The maximum Gasteiger partial charge on any atom is 0.302 e. The van der Waals surface area contributed by atoms with E-state index in [2.05, 4.69) is 92.4 Å². The second kappa shape index (κ2) is 28.3. The number of benzene rings is 3. The molecule has 0 saturated carbocycles. The van der Waals surface area contributed by atoms with Gasteiger partial charge in [-0.15, -0.1) is 0 Å². The molecule has 4 aliphatic heterocycles. The zero-order valence-corrected chi connectivity index (χ0v) is 49.8. The van der Waals surface area contributed by atoms with Crippen molar-refractivity contribution in [3.8, 4) is 0 Å². The highest BCUT2D eigenvalue weighted by Gasteiger charge is 2.54. The first-order chi connectivity index (χ1) is 37.2. The molecule has 0 radical (unpaired) electrons. The van der Waals surface area contributed by atoms with E-state index in [4.69, 9.17) is 56.5 Å². The molecule has 0 N–H and O–H groups in total. The van der Waals surface area contributed by atoms with E-state index < -0.39 is 76.1 Å². The summed E-state index contributed by atoms with van der Waals surface area (Å²) in [6, 6.07) is 29.5. The van der Waals surface area contributed by atoms with Crippen LogP contribution in [-0.2, 0) is 81.1 Å². The van der Waals surface area contributed by atoms with Gasteiger partial charge in [-0.3, -0.25) is 4.79 Å². The predicted octanol–water partition coefficient (Wildman–Crippen LogP) is 12.0. The fourth-order valence-electron chi connectivity index (χ4n) is 10.9. The molecule has 17 heteroatoms. The number of azide groups is 1. The van der Waals surface area contributed by atoms with Crippen molar-refractivity contribution in [2.45, 2.75) is 195 Å². The minimum absolute atomic E-state index is 0.0479. The zero-order valence-electron chi connectivity index (χ0n) is 48.8. The van der Waals surface area contributed by atoms with Crippen molar-refractivity contribution in [2.75, 3.05) is 26.4 Å². The van der Waals surface area contributed by atoms with Crippen molar-refractivity contribution in [3.63, 3.8) is 0 Å². The van der Waals surface area contributed by atoms with Crippen LogP contribution in [0, 0.1) is 47.3 Å². The Morgan fingerprint density at radius 2 is 0.872 bits per heavy atom. The predicted molar refractivity (Wildman–Crippen MR) is 299 cm³/mol. The summed E-state index contributed by atoms with van der Waals surface area (Å²) in [5.74, 6) is -0.838. The van der Waals surface area contributed by atoms with Crippen molar-refractivity contribution in [1.29, 1.82) is 0 Å². The lowest BCUT2D eigenvalue weighted by Gasteiger charge is -2.52. The van der Waals surface area contributed by atoms with Gasteiger partial charge < -0.3 is 56.5 Å². The maximum atomic E-state index is 11.9. The van der Waals surface area contributed by atoms with Gasteiger partial charge in [0.1, 0.15) is 24.9 Å². The minimum atomic E-state index is -2.42. The van der Waals surface area contributed by atoms with Crippen LogP contribution in [0.2, 0.25) is 18.1 Å². The molecule has 8 unspecified atom stereocenters. The Hall–Kier alpha value is -3.78. The highest BCUT2D eigenvalue weighted by Crippen LogP contribution is 2.45. The molecule has 4 fully saturated rings. The maximum absolute atomic E-state index is 11.9. The van der Waals surface area contributed by atoms with E-state index in [0.717, 1.165) is 16.7 Å². The standard InChI is InChI=1S/C61H91N3O13Si/c1-37-38(2)49(36-69-45(9)65)70-57(41(37)5)74-54-39(3)42(6)58(71-50(54)33-66-30-46-24-18-15-19-25-46)75-55-40(4)43(7)59(72-51(55)34-67-31-47-26-20-16-21-27-47)76-56-44(8)53(63-64-62)60(77-78(13,14)61(10,11)12)73-52(56)35-68-32-48-28-22-17-23-29-48/h15-29,37-44,49-60H,30-36H2,1-14H3/t37-,38-,39+,40+,41?,42?,43?,44+,49?,50?,51?,52?,53?,54-,55-,56-,57-,58-,59-,60-/m0/s1. The fraction of sp³-hybridized carbons (Fsp3) is 0.689. The van der Waals surface area contributed by atoms with Crippen LogP contribution in [-0.4, -0.2) is 115 Å². The second-order valence-corrected chi connectivity index (χ2v) is 29.0. The van der Waals surface area contributed by atoms with Crippen molar-refractivity contribution in [2.24, 2.45) is 52.5 Å². The highest BCUT2D eigenvalue weighted by molar-refractivity contribution is 6.74. The van der Waals surface area contributed by atoms with Crippen LogP contribution in [0.3, 0.4) is 0 Å². The van der Waals surface area contributed by atoms with E-state index in [1.54, 1.807) is 0 Å². The first-order valence-corrected chi connectivity index (χ1v) is 31.4. The Kier molecular flexibility index (Phi) is 22.4. The molecule has 78 heavy (non-hydrogen) atoms. The summed E-state index contributed by atoms with van der Waals surface area (Å²) < 4.78 is 81.1. The average molecular weight is 1100 g/mol. The Morgan fingerprint density at radius 1 is 0.513 bits per heavy atom. The van der Waals surface area contributed by atoms with Gasteiger partial charge >= 0.3 is 5.97 Å². The van der Waals surface area contributed by atoms with Crippen molar-refractivity contribution >= 4 is 14.3 Å². The summed E-state index contributed by atoms with van der Waals surface area (Å²) >= 11 is 0. The fourth-order valence-corrected chi connectivity index (χ4v) is 12.0. The summed E-state index contributed by atoms with van der Waals surface area (Å²) in [6.07, 6.45) is -6.39. The summed E-state index contributed by atoms with van der Waals surface area (Å²) in [5.41, 5.74) is 13.1. The van der Waals surface area contributed by atoms with Gasteiger partial charge in [-0.05, 0) is 69.9 Å². The number of esters is 1. The van der Waals surface area contributed by atoms with E-state index in [1.807, 2.05) is 97.9 Å². The van der Waals surface area contributed by atoms with Crippen LogP contribution >= 0.6 is 0 Å². The van der Waals surface area contributed by atoms with E-state index >= 15 is 0 Å². The molecule has 4 heterocycles. The quantitative estimate of drug-likeness (QED) is 0.0288. The number of ether oxygens (including phenoxy) is 11. The van der Waals surface area contributed by atoms with Gasteiger partial charge in [0.2, 0.25) is 0 Å². The lowest BCUT2D eigenvalue weighted by Crippen LogP contribution is -2.62. The Bertz CT molecular complexity index is 2330. The molecule has 0 spiro atoms. The number of hydrogen-bond acceptors (Lipinski definition) is 14.